The molecular formula is C19H14Cl2N2O4. The summed E-state index contributed by atoms with van der Waals surface area (Å²) in [5, 5.41) is 21.3. The third kappa shape index (κ3) is 5.23. The Balaban J connectivity index is 2.28. The van der Waals surface area contributed by atoms with E-state index in [1.807, 2.05) is 0 Å². The van der Waals surface area contributed by atoms with Crippen LogP contribution >= 0.6 is 23.2 Å². The first-order valence-electron chi connectivity index (χ1n) is 7.74. The number of carbonyl (C=O) groups is 2. The highest BCUT2D eigenvalue weighted by Gasteiger charge is 2.13. The van der Waals surface area contributed by atoms with Crippen molar-refractivity contribution in [2.24, 2.45) is 0 Å². The molecule has 2 aromatic carbocycles. The smallest absolute Gasteiger partial charge is 0.335 e. The lowest BCUT2D eigenvalue weighted by Gasteiger charge is -2.09. The molecule has 1 amide bonds. The van der Waals surface area contributed by atoms with Crippen LogP contribution in [0.25, 0.3) is 6.08 Å². The number of hydrogen-bond acceptors (Lipinski definition) is 4. The van der Waals surface area contributed by atoms with Crippen LogP contribution in [0.1, 0.15) is 22.8 Å². The molecule has 0 atom stereocenters. The molecule has 2 aromatic rings. The van der Waals surface area contributed by atoms with E-state index in [1.54, 1.807) is 13.0 Å². The van der Waals surface area contributed by atoms with Gasteiger partial charge in [-0.3, -0.25) is 4.79 Å². The fourth-order valence-electron chi connectivity index (χ4n) is 2.19. The van der Waals surface area contributed by atoms with Crippen LogP contribution in [0.5, 0.6) is 5.75 Å². The number of carboxylic acids is 1. The van der Waals surface area contributed by atoms with Crippen LogP contribution in [0.15, 0.2) is 42.0 Å². The van der Waals surface area contributed by atoms with Gasteiger partial charge in [0.1, 0.15) is 11.6 Å². The van der Waals surface area contributed by atoms with E-state index >= 15 is 0 Å². The molecule has 0 aliphatic rings. The standard InChI is InChI=1S/C19H14Cl2N2O4/c1-2-27-17-15(20)7-11(8-16(17)21)6-13(10-22)18(24)23-14-5-3-4-12(9-14)19(25)26/h3-9H,2H2,1H3,(H,23,24)(H,25,26). The highest BCUT2D eigenvalue weighted by Crippen LogP contribution is 2.34. The number of nitrogens with zero attached hydrogens (tertiary/aromatic N) is 1. The predicted molar refractivity (Wildman–Crippen MR) is 103 cm³/mol. The molecule has 8 heteroatoms. The minimum Gasteiger partial charge on any atom is -0.491 e. The van der Waals surface area contributed by atoms with Crippen LogP contribution in [0, 0.1) is 11.3 Å². The lowest BCUT2D eigenvalue weighted by atomic mass is 10.1. The Labute approximate surface area is 165 Å². The molecule has 2 N–H and O–H groups in total. The topological polar surface area (TPSA) is 99.4 Å². The fourth-order valence-corrected chi connectivity index (χ4v) is 2.80. The molecule has 0 heterocycles. The van der Waals surface area contributed by atoms with Crippen molar-refractivity contribution < 1.29 is 19.4 Å². The van der Waals surface area contributed by atoms with Gasteiger partial charge in [-0.1, -0.05) is 29.3 Å². The first kappa shape index (κ1) is 20.3. The van der Waals surface area contributed by atoms with Crippen molar-refractivity contribution in [2.45, 2.75) is 6.92 Å². The lowest BCUT2D eigenvalue weighted by molar-refractivity contribution is -0.112. The van der Waals surface area contributed by atoms with Gasteiger partial charge in [-0.15, -0.1) is 0 Å². The van der Waals surface area contributed by atoms with Crippen molar-refractivity contribution in [1.82, 2.24) is 0 Å². The van der Waals surface area contributed by atoms with E-state index in [9.17, 15) is 14.9 Å². The highest BCUT2D eigenvalue weighted by molar-refractivity contribution is 6.37. The summed E-state index contributed by atoms with van der Waals surface area (Å²) in [5.74, 6) is -1.49. The molecule has 0 aromatic heterocycles. The van der Waals surface area contributed by atoms with E-state index in [-0.39, 0.29) is 26.9 Å². The summed E-state index contributed by atoms with van der Waals surface area (Å²) in [6.07, 6.45) is 1.32. The molecule has 138 valence electrons. The second-order valence-electron chi connectivity index (χ2n) is 5.26. The third-order valence-corrected chi connectivity index (χ3v) is 3.91. The summed E-state index contributed by atoms with van der Waals surface area (Å²) < 4.78 is 5.33. The maximum atomic E-state index is 12.3. The van der Waals surface area contributed by atoms with Gasteiger partial charge in [0.25, 0.3) is 5.91 Å². The first-order chi connectivity index (χ1) is 12.8. The number of ether oxygens (including phenoxy) is 1. The number of nitriles is 1. The van der Waals surface area contributed by atoms with Crippen LogP contribution in [-0.2, 0) is 4.79 Å². The summed E-state index contributed by atoms with van der Waals surface area (Å²) in [7, 11) is 0. The van der Waals surface area contributed by atoms with E-state index < -0.39 is 11.9 Å². The predicted octanol–water partition coefficient (Wildman–Crippen LogP) is 4.64. The zero-order chi connectivity index (χ0) is 20.0. The zero-order valence-corrected chi connectivity index (χ0v) is 15.6. The second kappa shape index (κ2) is 9.08. The molecule has 27 heavy (non-hydrogen) atoms. The molecule has 6 nitrogen and oxygen atoms in total. The second-order valence-corrected chi connectivity index (χ2v) is 6.07. The number of hydrogen-bond donors (Lipinski definition) is 2. The molecule has 0 radical (unpaired) electrons. The van der Waals surface area contributed by atoms with E-state index in [0.717, 1.165) is 0 Å². The Morgan fingerprint density at radius 2 is 1.93 bits per heavy atom. The maximum absolute atomic E-state index is 12.3. The van der Waals surface area contributed by atoms with Crippen LogP contribution in [0.3, 0.4) is 0 Å². The van der Waals surface area contributed by atoms with Gasteiger partial charge < -0.3 is 15.2 Å². The Bertz CT molecular complexity index is 941. The Hall–Kier alpha value is -3.01. The van der Waals surface area contributed by atoms with Gasteiger partial charge in [-0.2, -0.15) is 5.26 Å². The normalized spacial score (nSPS) is 10.8. The van der Waals surface area contributed by atoms with E-state index in [4.69, 9.17) is 33.0 Å². The lowest BCUT2D eigenvalue weighted by Crippen LogP contribution is -2.14. The molecule has 0 spiro atoms. The Morgan fingerprint density at radius 3 is 2.48 bits per heavy atom. The maximum Gasteiger partial charge on any atom is 0.335 e. The number of halogens is 2. The zero-order valence-electron chi connectivity index (χ0n) is 14.1. The quantitative estimate of drug-likeness (QED) is 0.539. The van der Waals surface area contributed by atoms with Crippen molar-refractivity contribution in [3.63, 3.8) is 0 Å². The summed E-state index contributed by atoms with van der Waals surface area (Å²) in [6.45, 7) is 2.17. The third-order valence-electron chi connectivity index (χ3n) is 3.35. The summed E-state index contributed by atoms with van der Waals surface area (Å²) in [4.78, 5) is 23.3. The molecule has 0 saturated carbocycles. The number of rotatable bonds is 6. The molecule has 0 fully saturated rings. The number of anilines is 1. The fraction of sp³-hybridized carbons (Fsp3) is 0.105. The molecule has 0 bridgehead atoms. The highest BCUT2D eigenvalue weighted by atomic mass is 35.5. The SMILES string of the molecule is CCOc1c(Cl)cc(C=C(C#N)C(=O)Nc2cccc(C(=O)O)c2)cc1Cl. The number of amides is 1. The van der Waals surface area contributed by atoms with E-state index in [1.165, 1.54) is 42.5 Å². The van der Waals surface area contributed by atoms with Gasteiger partial charge in [-0.25, -0.2) is 4.79 Å². The first-order valence-corrected chi connectivity index (χ1v) is 8.49. The van der Waals surface area contributed by atoms with Gasteiger partial charge in [-0.05, 0) is 48.9 Å². The van der Waals surface area contributed by atoms with Gasteiger partial charge in [0.15, 0.2) is 5.75 Å². The Morgan fingerprint density at radius 1 is 1.26 bits per heavy atom. The average molecular weight is 405 g/mol. The number of benzene rings is 2. The molecule has 0 saturated heterocycles. The average Bonchev–Trinajstić information content (AvgIpc) is 2.62. The van der Waals surface area contributed by atoms with E-state index in [0.29, 0.717) is 17.9 Å². The summed E-state index contributed by atoms with van der Waals surface area (Å²) in [5.41, 5.74) is 0.510. The van der Waals surface area contributed by atoms with Crippen molar-refractivity contribution in [3.8, 4) is 11.8 Å². The van der Waals surface area contributed by atoms with Crippen molar-refractivity contribution in [2.75, 3.05) is 11.9 Å². The largest absolute Gasteiger partial charge is 0.491 e. The monoisotopic (exact) mass is 404 g/mol. The van der Waals surface area contributed by atoms with Crippen LogP contribution in [0.4, 0.5) is 5.69 Å². The van der Waals surface area contributed by atoms with Gasteiger partial charge >= 0.3 is 5.97 Å². The molecule has 0 aliphatic heterocycles. The number of carboxylic acid groups (broad SMARTS) is 1. The van der Waals surface area contributed by atoms with Crippen molar-refractivity contribution in [3.05, 3.63) is 63.1 Å². The van der Waals surface area contributed by atoms with Gasteiger partial charge in [0, 0.05) is 5.69 Å². The molecule has 0 unspecified atom stereocenters. The minimum absolute atomic E-state index is 0.0142. The van der Waals surface area contributed by atoms with E-state index in [2.05, 4.69) is 5.32 Å². The molecule has 2 rings (SSSR count). The van der Waals surface area contributed by atoms with Crippen molar-refractivity contribution >= 4 is 46.8 Å². The van der Waals surface area contributed by atoms with Crippen LogP contribution < -0.4 is 10.1 Å². The molecular weight excluding hydrogens is 391 g/mol. The van der Waals surface area contributed by atoms with Crippen LogP contribution in [0.2, 0.25) is 10.0 Å². The number of aromatic carboxylic acids is 1. The summed E-state index contributed by atoms with van der Waals surface area (Å²) >= 11 is 12.2. The number of nitrogens with one attached hydrogen (secondary N) is 1. The minimum atomic E-state index is -1.12. The summed E-state index contributed by atoms with van der Waals surface area (Å²) in [6, 6.07) is 10.5. The molecule has 0 aliphatic carbocycles. The van der Waals surface area contributed by atoms with Gasteiger partial charge in [0.2, 0.25) is 0 Å². The van der Waals surface area contributed by atoms with Crippen molar-refractivity contribution in [1.29, 1.82) is 5.26 Å². The number of carbonyl (C=O) groups excluding carboxylic acids is 1. The van der Waals surface area contributed by atoms with Crippen LogP contribution in [-0.4, -0.2) is 23.6 Å². The van der Waals surface area contributed by atoms with Gasteiger partial charge in [0.05, 0.1) is 22.2 Å². The Kier molecular flexibility index (Phi) is 6.83.